The van der Waals surface area contributed by atoms with Gasteiger partial charge in [0.15, 0.2) is 0 Å². The standard InChI is InChI=1S/C9H5ClI2O/c10-9(13)8(12)7(11)6-4-2-1-3-5-6/h1-5H. The minimum absolute atomic E-state index is 0.408. The maximum absolute atomic E-state index is 10.9. The Hall–Kier alpha value is 0.380. The summed E-state index contributed by atoms with van der Waals surface area (Å²) in [5.74, 6) is 0. The molecule has 0 atom stereocenters. The number of halogens is 3. The zero-order valence-corrected chi connectivity index (χ0v) is 11.5. The second-order valence-electron chi connectivity index (χ2n) is 2.27. The molecular weight excluding hydrogens is 413 g/mol. The van der Waals surface area contributed by atoms with Crippen LogP contribution >= 0.6 is 56.8 Å². The van der Waals surface area contributed by atoms with Crippen molar-refractivity contribution in [2.45, 2.75) is 0 Å². The van der Waals surface area contributed by atoms with Gasteiger partial charge in [0.1, 0.15) is 0 Å². The maximum Gasteiger partial charge on any atom is 0.259 e. The normalized spacial score (nSPS) is 12.2. The maximum atomic E-state index is 10.9. The lowest BCUT2D eigenvalue weighted by molar-refractivity contribution is -0.107. The van der Waals surface area contributed by atoms with Crippen molar-refractivity contribution in [3.63, 3.8) is 0 Å². The predicted molar refractivity (Wildman–Crippen MR) is 72.3 cm³/mol. The van der Waals surface area contributed by atoms with Crippen LogP contribution in [0.3, 0.4) is 0 Å². The quantitative estimate of drug-likeness (QED) is 0.403. The van der Waals surface area contributed by atoms with Crippen LogP contribution in [0.5, 0.6) is 0 Å². The average Bonchev–Trinajstić information content (AvgIpc) is 2.17. The van der Waals surface area contributed by atoms with Crippen molar-refractivity contribution in [1.29, 1.82) is 0 Å². The number of rotatable bonds is 2. The molecule has 0 spiro atoms. The molecule has 0 radical (unpaired) electrons. The summed E-state index contributed by atoms with van der Waals surface area (Å²) in [6.45, 7) is 0. The van der Waals surface area contributed by atoms with Crippen molar-refractivity contribution in [1.82, 2.24) is 0 Å². The van der Waals surface area contributed by atoms with Crippen LogP contribution in [0, 0.1) is 0 Å². The molecule has 0 aliphatic heterocycles. The number of hydrogen-bond donors (Lipinski definition) is 0. The summed E-state index contributed by atoms with van der Waals surface area (Å²) < 4.78 is 1.45. The highest BCUT2D eigenvalue weighted by molar-refractivity contribution is 14.1. The van der Waals surface area contributed by atoms with E-state index in [-0.39, 0.29) is 0 Å². The van der Waals surface area contributed by atoms with E-state index < -0.39 is 5.24 Å². The molecule has 0 N–H and O–H groups in total. The number of carbonyl (C=O) groups excluding carboxylic acids is 1. The van der Waals surface area contributed by atoms with Gasteiger partial charge in [-0.1, -0.05) is 30.3 Å². The minimum atomic E-state index is -0.408. The Balaban J connectivity index is 3.11. The molecule has 68 valence electrons. The van der Waals surface area contributed by atoms with E-state index in [4.69, 9.17) is 11.6 Å². The van der Waals surface area contributed by atoms with Crippen LogP contribution in [-0.4, -0.2) is 5.24 Å². The molecule has 1 aromatic rings. The highest BCUT2D eigenvalue weighted by Gasteiger charge is 2.08. The molecule has 0 bridgehead atoms. The lowest BCUT2D eigenvalue weighted by Gasteiger charge is -2.00. The van der Waals surface area contributed by atoms with Gasteiger partial charge in [-0.2, -0.15) is 0 Å². The third-order valence-corrected chi connectivity index (χ3v) is 5.12. The monoisotopic (exact) mass is 418 g/mol. The highest BCUT2D eigenvalue weighted by Crippen LogP contribution is 2.30. The van der Waals surface area contributed by atoms with Gasteiger partial charge in [-0.15, -0.1) is 0 Å². The SMILES string of the molecule is O=C(Cl)C(I)=C(I)c1ccccc1. The van der Waals surface area contributed by atoms with Crippen LogP contribution in [0.4, 0.5) is 0 Å². The Kier molecular flexibility index (Phi) is 4.68. The van der Waals surface area contributed by atoms with Gasteiger partial charge in [-0.05, 0) is 62.3 Å². The van der Waals surface area contributed by atoms with Crippen LogP contribution in [0.1, 0.15) is 5.56 Å². The summed E-state index contributed by atoms with van der Waals surface area (Å²) in [5, 5.41) is -0.408. The van der Waals surface area contributed by atoms with Crippen LogP contribution in [0.25, 0.3) is 3.58 Å². The van der Waals surface area contributed by atoms with Crippen LogP contribution in [-0.2, 0) is 4.79 Å². The van der Waals surface area contributed by atoms with E-state index in [0.29, 0.717) is 3.58 Å². The summed E-state index contributed by atoms with van der Waals surface area (Å²) >= 11 is 9.43. The molecule has 1 nitrogen and oxygen atoms in total. The number of hydrogen-bond acceptors (Lipinski definition) is 1. The van der Waals surface area contributed by atoms with Gasteiger partial charge in [-0.25, -0.2) is 0 Å². The first kappa shape index (κ1) is 11.5. The Labute approximate surface area is 109 Å². The Morgan fingerprint density at radius 2 is 1.69 bits per heavy atom. The number of allylic oxidation sites excluding steroid dienone is 1. The summed E-state index contributed by atoms with van der Waals surface area (Å²) in [7, 11) is 0. The van der Waals surface area contributed by atoms with Gasteiger partial charge in [0.2, 0.25) is 0 Å². The summed E-state index contributed by atoms with van der Waals surface area (Å²) in [6, 6.07) is 9.68. The van der Waals surface area contributed by atoms with E-state index in [0.717, 1.165) is 9.14 Å². The van der Waals surface area contributed by atoms with Crippen LogP contribution < -0.4 is 0 Å². The van der Waals surface area contributed by atoms with Crippen molar-refractivity contribution >= 4 is 65.6 Å². The zero-order chi connectivity index (χ0) is 9.84. The summed E-state index contributed by atoms with van der Waals surface area (Å²) in [4.78, 5) is 10.9. The van der Waals surface area contributed by atoms with E-state index in [1.807, 2.05) is 52.9 Å². The molecule has 13 heavy (non-hydrogen) atoms. The molecule has 0 aromatic heterocycles. The topological polar surface area (TPSA) is 17.1 Å². The van der Waals surface area contributed by atoms with Gasteiger partial charge in [0.25, 0.3) is 5.24 Å². The van der Waals surface area contributed by atoms with Gasteiger partial charge in [0.05, 0.1) is 3.58 Å². The summed E-state index contributed by atoms with van der Waals surface area (Å²) in [5.41, 5.74) is 1.02. The fourth-order valence-corrected chi connectivity index (χ4v) is 1.97. The molecule has 0 unspecified atom stereocenters. The Morgan fingerprint density at radius 3 is 2.15 bits per heavy atom. The Morgan fingerprint density at radius 1 is 1.15 bits per heavy atom. The zero-order valence-electron chi connectivity index (χ0n) is 6.43. The van der Waals surface area contributed by atoms with Gasteiger partial charge >= 0.3 is 0 Å². The molecule has 1 rings (SSSR count). The molecule has 0 fully saturated rings. The van der Waals surface area contributed by atoms with Crippen molar-refractivity contribution in [3.8, 4) is 0 Å². The second kappa shape index (κ2) is 5.31. The molecule has 0 aliphatic carbocycles. The van der Waals surface area contributed by atoms with E-state index in [1.54, 1.807) is 0 Å². The van der Waals surface area contributed by atoms with Gasteiger partial charge < -0.3 is 0 Å². The fourth-order valence-electron chi connectivity index (χ4n) is 0.797. The molecular formula is C9H5ClI2O. The van der Waals surface area contributed by atoms with Crippen molar-refractivity contribution < 1.29 is 4.79 Å². The molecule has 0 heterocycles. The Bertz CT molecular complexity index is 346. The molecule has 1 aromatic carbocycles. The smallest absolute Gasteiger partial charge is 0.259 e. The minimum Gasteiger partial charge on any atom is -0.275 e. The second-order valence-corrected chi connectivity index (χ2v) is 4.77. The van der Waals surface area contributed by atoms with E-state index >= 15 is 0 Å². The van der Waals surface area contributed by atoms with Crippen molar-refractivity contribution in [3.05, 3.63) is 39.5 Å². The molecule has 4 heteroatoms. The van der Waals surface area contributed by atoms with Crippen LogP contribution in [0.2, 0.25) is 0 Å². The molecule has 0 saturated heterocycles. The first-order valence-electron chi connectivity index (χ1n) is 3.43. The first-order chi connectivity index (χ1) is 6.13. The lowest BCUT2D eigenvalue weighted by Crippen LogP contribution is -1.87. The van der Waals surface area contributed by atoms with Crippen molar-refractivity contribution in [2.24, 2.45) is 0 Å². The van der Waals surface area contributed by atoms with Gasteiger partial charge in [0, 0.05) is 3.58 Å². The highest BCUT2D eigenvalue weighted by atomic mass is 127. The fraction of sp³-hybridized carbons (Fsp3) is 0. The number of carbonyl (C=O) groups is 1. The molecule has 0 amide bonds. The lowest BCUT2D eigenvalue weighted by atomic mass is 10.2. The first-order valence-corrected chi connectivity index (χ1v) is 5.97. The van der Waals surface area contributed by atoms with E-state index in [2.05, 4.69) is 22.6 Å². The van der Waals surface area contributed by atoms with E-state index in [1.165, 1.54) is 0 Å². The van der Waals surface area contributed by atoms with Gasteiger partial charge in [-0.3, -0.25) is 4.79 Å². The number of benzene rings is 1. The average molecular weight is 418 g/mol. The van der Waals surface area contributed by atoms with Crippen LogP contribution in [0.15, 0.2) is 33.9 Å². The molecule has 0 aliphatic rings. The third kappa shape index (κ3) is 3.21. The third-order valence-electron chi connectivity index (χ3n) is 1.39. The predicted octanol–water partition coefficient (Wildman–Crippen LogP) is 3.99. The largest absolute Gasteiger partial charge is 0.275 e. The molecule has 0 saturated carbocycles. The van der Waals surface area contributed by atoms with E-state index in [9.17, 15) is 4.79 Å². The van der Waals surface area contributed by atoms with Crippen molar-refractivity contribution in [2.75, 3.05) is 0 Å². The summed E-state index contributed by atoms with van der Waals surface area (Å²) in [6.07, 6.45) is 0.